The number of hydrogen-bond donors (Lipinski definition) is 1. The molecule has 7 heteroatoms. The summed E-state index contributed by atoms with van der Waals surface area (Å²) in [4.78, 5) is 38.3. The fourth-order valence-electron chi connectivity index (χ4n) is 3.67. The summed E-state index contributed by atoms with van der Waals surface area (Å²) in [5, 5.41) is 3.41. The number of fused-ring (bicyclic) bond motifs is 2. The van der Waals surface area contributed by atoms with Gasteiger partial charge in [0.1, 0.15) is 5.76 Å². The van der Waals surface area contributed by atoms with Crippen LogP contribution in [0.5, 0.6) is 0 Å². The van der Waals surface area contributed by atoms with Gasteiger partial charge in [0.15, 0.2) is 17.3 Å². The smallest absolute Gasteiger partial charge is 0.291 e. The van der Waals surface area contributed by atoms with Crippen molar-refractivity contribution in [1.29, 1.82) is 0 Å². The van der Waals surface area contributed by atoms with Gasteiger partial charge in [-0.25, -0.2) is 0 Å². The minimum Gasteiger partial charge on any atom is -0.451 e. The van der Waals surface area contributed by atoms with Crippen molar-refractivity contribution in [3.05, 3.63) is 111 Å². The van der Waals surface area contributed by atoms with Crippen molar-refractivity contribution in [2.45, 2.75) is 0 Å². The Morgan fingerprint density at radius 3 is 2.12 bits per heavy atom. The standard InChI is InChI=1S/C25H13Cl2NO4/c26-19-7-3-6-17(22(19)27)20-10-11-21(32-20)25(31)28-13-8-9-16-18(12-13)24(30)15-5-2-1-4-14(15)23(16)29/h1-12H,(H,28,31). The molecule has 0 unspecified atom stereocenters. The van der Waals surface area contributed by atoms with Gasteiger partial charge in [-0.1, -0.05) is 53.5 Å². The van der Waals surface area contributed by atoms with E-state index in [1.807, 2.05) is 0 Å². The number of carbonyl (C=O) groups excluding carboxylic acids is 3. The zero-order chi connectivity index (χ0) is 22.4. The molecular weight excluding hydrogens is 449 g/mol. The third kappa shape index (κ3) is 3.32. The Kier molecular flexibility index (Phi) is 4.93. The van der Waals surface area contributed by atoms with Gasteiger partial charge in [0.25, 0.3) is 5.91 Å². The second kappa shape index (κ2) is 7.79. The van der Waals surface area contributed by atoms with E-state index in [0.29, 0.717) is 43.7 Å². The second-order valence-electron chi connectivity index (χ2n) is 7.18. The maximum absolute atomic E-state index is 12.9. The van der Waals surface area contributed by atoms with Crippen LogP contribution in [0.1, 0.15) is 42.4 Å². The van der Waals surface area contributed by atoms with Crippen LogP contribution in [0.15, 0.2) is 77.2 Å². The molecule has 5 nitrogen and oxygen atoms in total. The Morgan fingerprint density at radius 1 is 0.719 bits per heavy atom. The number of amides is 1. The summed E-state index contributed by atoms with van der Waals surface area (Å²) in [5.74, 6) is -0.541. The Hall–Kier alpha value is -3.67. The van der Waals surface area contributed by atoms with E-state index in [2.05, 4.69) is 5.32 Å². The lowest BCUT2D eigenvalue weighted by Gasteiger charge is -2.18. The molecule has 1 heterocycles. The number of carbonyl (C=O) groups is 3. The van der Waals surface area contributed by atoms with Crippen molar-refractivity contribution in [2.24, 2.45) is 0 Å². The molecule has 0 bridgehead atoms. The first-order valence-corrected chi connectivity index (χ1v) is 10.4. The van der Waals surface area contributed by atoms with Crippen LogP contribution in [-0.2, 0) is 0 Å². The largest absolute Gasteiger partial charge is 0.451 e. The van der Waals surface area contributed by atoms with Crippen LogP contribution in [0.25, 0.3) is 11.3 Å². The molecule has 1 aromatic heterocycles. The molecule has 5 rings (SSSR count). The number of anilines is 1. The van der Waals surface area contributed by atoms with Crippen molar-refractivity contribution >= 4 is 46.4 Å². The highest BCUT2D eigenvalue weighted by Crippen LogP contribution is 2.34. The zero-order valence-corrected chi connectivity index (χ0v) is 17.8. The number of furan rings is 1. The Balaban J connectivity index is 1.42. The van der Waals surface area contributed by atoms with E-state index in [0.717, 1.165) is 0 Å². The molecule has 1 N–H and O–H groups in total. The van der Waals surface area contributed by atoms with E-state index in [1.165, 1.54) is 12.1 Å². The van der Waals surface area contributed by atoms with E-state index in [9.17, 15) is 14.4 Å². The highest BCUT2D eigenvalue weighted by atomic mass is 35.5. The first-order valence-electron chi connectivity index (χ1n) is 9.62. The maximum Gasteiger partial charge on any atom is 0.291 e. The summed E-state index contributed by atoms with van der Waals surface area (Å²) in [5.41, 5.74) is 2.22. The van der Waals surface area contributed by atoms with Gasteiger partial charge in [-0.15, -0.1) is 0 Å². The predicted molar refractivity (Wildman–Crippen MR) is 122 cm³/mol. The highest BCUT2D eigenvalue weighted by Gasteiger charge is 2.29. The molecule has 4 aromatic rings. The molecule has 0 spiro atoms. The van der Waals surface area contributed by atoms with Crippen molar-refractivity contribution in [2.75, 3.05) is 5.32 Å². The molecule has 0 fully saturated rings. The van der Waals surface area contributed by atoms with Crippen molar-refractivity contribution < 1.29 is 18.8 Å². The van der Waals surface area contributed by atoms with Crippen LogP contribution in [0.4, 0.5) is 5.69 Å². The third-order valence-electron chi connectivity index (χ3n) is 5.23. The van der Waals surface area contributed by atoms with Crippen molar-refractivity contribution in [3.63, 3.8) is 0 Å². The van der Waals surface area contributed by atoms with E-state index < -0.39 is 5.91 Å². The second-order valence-corrected chi connectivity index (χ2v) is 7.97. The van der Waals surface area contributed by atoms with Crippen LogP contribution in [0, 0.1) is 0 Å². The molecule has 1 aliphatic carbocycles. The minimum atomic E-state index is -0.510. The summed E-state index contributed by atoms with van der Waals surface area (Å²) < 4.78 is 5.66. The number of nitrogens with one attached hydrogen (secondary N) is 1. The maximum atomic E-state index is 12.9. The Morgan fingerprint density at radius 2 is 1.38 bits per heavy atom. The summed E-state index contributed by atoms with van der Waals surface area (Å²) in [6.07, 6.45) is 0. The van der Waals surface area contributed by atoms with E-state index in [1.54, 1.807) is 60.7 Å². The topological polar surface area (TPSA) is 76.4 Å². The minimum absolute atomic E-state index is 0.0570. The van der Waals surface area contributed by atoms with Gasteiger partial charge in [0, 0.05) is 33.5 Å². The Labute approximate surface area is 192 Å². The zero-order valence-electron chi connectivity index (χ0n) is 16.3. The van der Waals surface area contributed by atoms with Gasteiger partial charge in [-0.2, -0.15) is 0 Å². The SMILES string of the molecule is O=C(Nc1ccc2c(c1)C(=O)c1ccccc1C2=O)c1ccc(-c2cccc(Cl)c2Cl)o1. The number of halogens is 2. The molecule has 32 heavy (non-hydrogen) atoms. The van der Waals surface area contributed by atoms with Crippen molar-refractivity contribution in [3.8, 4) is 11.3 Å². The Bertz CT molecular complexity index is 1440. The van der Waals surface area contributed by atoms with Crippen LogP contribution in [-0.4, -0.2) is 17.5 Å². The monoisotopic (exact) mass is 461 g/mol. The summed E-state index contributed by atoms with van der Waals surface area (Å²) in [6, 6.07) is 19.6. The molecular formula is C25H13Cl2NO4. The third-order valence-corrected chi connectivity index (χ3v) is 6.05. The van der Waals surface area contributed by atoms with Crippen LogP contribution >= 0.6 is 23.2 Å². The average Bonchev–Trinajstić information content (AvgIpc) is 3.29. The molecule has 0 saturated carbocycles. The van der Waals surface area contributed by atoms with Gasteiger partial charge in [0.2, 0.25) is 0 Å². The molecule has 156 valence electrons. The molecule has 0 saturated heterocycles. The van der Waals surface area contributed by atoms with Gasteiger partial charge in [-0.3, -0.25) is 14.4 Å². The summed E-state index contributed by atoms with van der Waals surface area (Å²) in [7, 11) is 0. The van der Waals surface area contributed by atoms with Gasteiger partial charge in [0.05, 0.1) is 10.0 Å². The normalized spacial score (nSPS) is 12.3. The molecule has 0 radical (unpaired) electrons. The lowest BCUT2D eigenvalue weighted by atomic mass is 9.84. The number of rotatable bonds is 3. The van der Waals surface area contributed by atoms with E-state index >= 15 is 0 Å². The molecule has 1 aliphatic rings. The molecule has 0 aliphatic heterocycles. The quantitative estimate of drug-likeness (QED) is 0.342. The first-order chi connectivity index (χ1) is 15.4. The average molecular weight is 462 g/mol. The number of benzene rings is 3. The van der Waals surface area contributed by atoms with Gasteiger partial charge >= 0.3 is 0 Å². The van der Waals surface area contributed by atoms with Gasteiger partial charge < -0.3 is 9.73 Å². The van der Waals surface area contributed by atoms with E-state index in [-0.39, 0.29) is 22.9 Å². The number of ketones is 2. The summed E-state index contributed by atoms with van der Waals surface area (Å²) >= 11 is 12.3. The lowest BCUT2D eigenvalue weighted by Crippen LogP contribution is -2.21. The molecule has 1 amide bonds. The fourth-order valence-corrected chi connectivity index (χ4v) is 4.06. The fraction of sp³-hybridized carbons (Fsp3) is 0. The van der Waals surface area contributed by atoms with Crippen molar-refractivity contribution in [1.82, 2.24) is 0 Å². The highest BCUT2D eigenvalue weighted by molar-refractivity contribution is 6.43. The first kappa shape index (κ1) is 20.2. The van der Waals surface area contributed by atoms with Crippen LogP contribution in [0.3, 0.4) is 0 Å². The molecule has 3 aromatic carbocycles. The lowest BCUT2D eigenvalue weighted by molar-refractivity contribution is 0.0979. The molecule has 0 atom stereocenters. The van der Waals surface area contributed by atoms with Crippen LogP contribution < -0.4 is 5.32 Å². The van der Waals surface area contributed by atoms with Crippen LogP contribution in [0.2, 0.25) is 10.0 Å². The van der Waals surface area contributed by atoms with E-state index in [4.69, 9.17) is 27.6 Å². The predicted octanol–water partition coefficient (Wildman–Crippen LogP) is 6.28. The van der Waals surface area contributed by atoms with Gasteiger partial charge in [-0.05, 0) is 42.5 Å². The number of hydrogen-bond acceptors (Lipinski definition) is 4. The summed E-state index contributed by atoms with van der Waals surface area (Å²) in [6.45, 7) is 0.